The first-order valence-corrected chi connectivity index (χ1v) is 4.05. The highest BCUT2D eigenvalue weighted by atomic mass is 16.5. The molecule has 0 saturated carbocycles. The summed E-state index contributed by atoms with van der Waals surface area (Å²) in [5, 5.41) is 13.2. The highest BCUT2D eigenvalue weighted by molar-refractivity contribution is 5.88. The number of ether oxygens (including phenoxy) is 1. The number of hydrogen-bond acceptors (Lipinski definition) is 5. The van der Waals surface area contributed by atoms with Gasteiger partial charge >= 0.3 is 5.97 Å². The lowest BCUT2D eigenvalue weighted by Gasteiger charge is -2.25. The number of aromatic nitrogens is 3. The van der Waals surface area contributed by atoms with Crippen LogP contribution in [0.25, 0.3) is 0 Å². The molecule has 2 N–H and O–H groups in total. The fourth-order valence-electron chi connectivity index (χ4n) is 1.25. The zero-order valence-corrected chi connectivity index (χ0v) is 7.20. The maximum Gasteiger partial charge on any atom is 0.360 e. The van der Waals surface area contributed by atoms with Crippen molar-refractivity contribution >= 4 is 5.97 Å². The van der Waals surface area contributed by atoms with Gasteiger partial charge in [-0.2, -0.15) is 10.3 Å². The Bertz CT molecular complexity index is 318. The lowest BCUT2D eigenvalue weighted by molar-refractivity contribution is 0.0591. The molecular formula is C7H10N4O2. The van der Waals surface area contributed by atoms with Gasteiger partial charge in [0.2, 0.25) is 0 Å². The second-order valence-corrected chi connectivity index (χ2v) is 2.84. The van der Waals surface area contributed by atoms with Gasteiger partial charge < -0.3 is 10.1 Å². The molecule has 2 rings (SSSR count). The molecule has 1 aromatic heterocycles. The van der Waals surface area contributed by atoms with E-state index >= 15 is 0 Å². The van der Waals surface area contributed by atoms with Crippen molar-refractivity contribution in [1.29, 1.82) is 0 Å². The van der Waals surface area contributed by atoms with Crippen molar-refractivity contribution in [3.05, 3.63) is 11.4 Å². The standard InChI is InChI=1S/C7H10N4O2/c1-13-7(12)6-5(9-11-10-6)4-2-3-8-4/h4,8H,2-3H2,1H3,(H,9,10,11). The number of H-pyrrole nitrogens is 1. The normalized spacial score (nSPS) is 20.8. The second-order valence-electron chi connectivity index (χ2n) is 2.84. The lowest BCUT2D eigenvalue weighted by Crippen LogP contribution is -2.36. The van der Waals surface area contributed by atoms with Crippen molar-refractivity contribution in [3.63, 3.8) is 0 Å². The van der Waals surface area contributed by atoms with Crippen molar-refractivity contribution in [3.8, 4) is 0 Å². The van der Waals surface area contributed by atoms with Crippen molar-refractivity contribution in [1.82, 2.24) is 20.7 Å². The molecular weight excluding hydrogens is 172 g/mol. The molecule has 6 heteroatoms. The van der Waals surface area contributed by atoms with Crippen molar-refractivity contribution in [2.45, 2.75) is 12.5 Å². The number of nitrogens with zero attached hydrogens (tertiary/aromatic N) is 2. The summed E-state index contributed by atoms with van der Waals surface area (Å²) >= 11 is 0. The zero-order chi connectivity index (χ0) is 9.26. The van der Waals surface area contributed by atoms with Crippen LogP contribution in [0.4, 0.5) is 0 Å². The Morgan fingerprint density at radius 3 is 2.92 bits per heavy atom. The summed E-state index contributed by atoms with van der Waals surface area (Å²) in [5.41, 5.74) is 0.929. The van der Waals surface area contributed by atoms with E-state index < -0.39 is 5.97 Å². The van der Waals surface area contributed by atoms with Gasteiger partial charge in [0.25, 0.3) is 0 Å². The summed E-state index contributed by atoms with van der Waals surface area (Å²) in [5.74, 6) is -0.447. The molecule has 1 atom stereocenters. The van der Waals surface area contributed by atoms with Gasteiger partial charge in [-0.3, -0.25) is 0 Å². The fraction of sp³-hybridized carbons (Fsp3) is 0.571. The Morgan fingerprint density at radius 1 is 1.62 bits per heavy atom. The van der Waals surface area contributed by atoms with E-state index in [2.05, 4.69) is 25.5 Å². The zero-order valence-electron chi connectivity index (χ0n) is 7.20. The van der Waals surface area contributed by atoms with Gasteiger partial charge in [-0.1, -0.05) is 0 Å². The third kappa shape index (κ3) is 1.29. The number of carbonyl (C=O) groups excluding carboxylic acids is 1. The van der Waals surface area contributed by atoms with Gasteiger partial charge in [0, 0.05) is 0 Å². The van der Waals surface area contributed by atoms with Gasteiger partial charge in [0.1, 0.15) is 5.69 Å². The summed E-state index contributed by atoms with van der Waals surface area (Å²) in [6, 6.07) is 0.146. The van der Waals surface area contributed by atoms with Gasteiger partial charge in [0.15, 0.2) is 5.69 Å². The smallest absolute Gasteiger partial charge is 0.360 e. The van der Waals surface area contributed by atoms with Crippen LogP contribution in [0.15, 0.2) is 0 Å². The molecule has 0 radical (unpaired) electrons. The lowest BCUT2D eigenvalue weighted by atomic mass is 10.0. The van der Waals surface area contributed by atoms with E-state index in [1.54, 1.807) is 0 Å². The molecule has 70 valence electrons. The molecule has 0 spiro atoms. The highest BCUT2D eigenvalue weighted by Gasteiger charge is 2.28. The van der Waals surface area contributed by atoms with Crippen LogP contribution in [-0.4, -0.2) is 35.0 Å². The average molecular weight is 182 g/mol. The Morgan fingerprint density at radius 2 is 2.38 bits per heavy atom. The molecule has 6 nitrogen and oxygen atoms in total. The van der Waals surface area contributed by atoms with Crippen LogP contribution in [0.3, 0.4) is 0 Å². The monoisotopic (exact) mass is 182 g/mol. The Hall–Kier alpha value is -1.43. The molecule has 0 aliphatic carbocycles. The van der Waals surface area contributed by atoms with Crippen LogP contribution in [0.1, 0.15) is 28.6 Å². The van der Waals surface area contributed by atoms with E-state index in [0.717, 1.165) is 13.0 Å². The highest BCUT2D eigenvalue weighted by Crippen LogP contribution is 2.22. The molecule has 1 aliphatic heterocycles. The molecule has 0 amide bonds. The van der Waals surface area contributed by atoms with Crippen LogP contribution < -0.4 is 5.32 Å². The average Bonchev–Trinajstić information content (AvgIpc) is 2.49. The van der Waals surface area contributed by atoms with Crippen LogP contribution in [0.5, 0.6) is 0 Å². The van der Waals surface area contributed by atoms with E-state index in [0.29, 0.717) is 5.69 Å². The minimum atomic E-state index is -0.447. The van der Waals surface area contributed by atoms with E-state index in [1.807, 2.05) is 0 Å². The van der Waals surface area contributed by atoms with Crippen molar-refractivity contribution in [2.75, 3.05) is 13.7 Å². The third-order valence-electron chi connectivity index (χ3n) is 2.11. The number of methoxy groups -OCH3 is 1. The third-order valence-corrected chi connectivity index (χ3v) is 2.11. The van der Waals surface area contributed by atoms with E-state index in [4.69, 9.17) is 0 Å². The number of hydrogen-bond donors (Lipinski definition) is 2. The minimum Gasteiger partial charge on any atom is -0.464 e. The van der Waals surface area contributed by atoms with E-state index in [1.165, 1.54) is 7.11 Å². The largest absolute Gasteiger partial charge is 0.464 e. The predicted molar refractivity (Wildman–Crippen MR) is 43.1 cm³/mol. The summed E-state index contributed by atoms with van der Waals surface area (Å²) in [6.07, 6.45) is 0.983. The van der Waals surface area contributed by atoms with Crippen LogP contribution >= 0.6 is 0 Å². The summed E-state index contributed by atoms with van der Waals surface area (Å²) < 4.78 is 4.56. The number of esters is 1. The topological polar surface area (TPSA) is 79.9 Å². The van der Waals surface area contributed by atoms with E-state index in [9.17, 15) is 4.79 Å². The SMILES string of the molecule is COC(=O)c1n[nH]nc1C1CCN1. The van der Waals surface area contributed by atoms with E-state index in [-0.39, 0.29) is 11.7 Å². The van der Waals surface area contributed by atoms with Crippen molar-refractivity contribution < 1.29 is 9.53 Å². The summed E-state index contributed by atoms with van der Waals surface area (Å²) in [6.45, 7) is 0.956. The first-order valence-electron chi connectivity index (χ1n) is 4.05. The number of aromatic amines is 1. The fourth-order valence-corrected chi connectivity index (χ4v) is 1.25. The number of rotatable bonds is 2. The first kappa shape index (κ1) is 8.18. The molecule has 0 aromatic carbocycles. The predicted octanol–water partition coefficient (Wildman–Crippen LogP) is -0.374. The summed E-state index contributed by atoms with van der Waals surface area (Å²) in [7, 11) is 1.33. The number of nitrogens with one attached hydrogen (secondary N) is 2. The maximum absolute atomic E-state index is 11.2. The van der Waals surface area contributed by atoms with Crippen LogP contribution in [-0.2, 0) is 4.74 Å². The maximum atomic E-state index is 11.2. The van der Waals surface area contributed by atoms with Crippen molar-refractivity contribution in [2.24, 2.45) is 0 Å². The Balaban J connectivity index is 2.24. The molecule has 1 unspecified atom stereocenters. The molecule has 13 heavy (non-hydrogen) atoms. The van der Waals surface area contributed by atoms with Gasteiger partial charge in [-0.25, -0.2) is 4.79 Å². The van der Waals surface area contributed by atoms with Gasteiger partial charge in [-0.15, -0.1) is 5.10 Å². The summed E-state index contributed by atoms with van der Waals surface area (Å²) in [4.78, 5) is 11.2. The Labute approximate surface area is 74.7 Å². The molecule has 0 bridgehead atoms. The van der Waals surface area contributed by atoms with Crippen LogP contribution in [0.2, 0.25) is 0 Å². The number of carbonyl (C=O) groups is 1. The quantitative estimate of drug-likeness (QED) is 0.610. The van der Waals surface area contributed by atoms with Crippen LogP contribution in [0, 0.1) is 0 Å². The second kappa shape index (κ2) is 3.14. The molecule has 1 aliphatic rings. The minimum absolute atomic E-state index is 0.146. The Kier molecular flexibility index (Phi) is 1.97. The molecule has 1 saturated heterocycles. The van der Waals surface area contributed by atoms with Gasteiger partial charge in [0.05, 0.1) is 13.2 Å². The molecule has 2 heterocycles. The molecule has 1 aromatic rings. The molecule has 1 fully saturated rings. The first-order chi connectivity index (χ1) is 6.33. The van der Waals surface area contributed by atoms with Gasteiger partial charge in [-0.05, 0) is 13.0 Å².